The van der Waals surface area contributed by atoms with Crippen molar-refractivity contribution in [1.29, 1.82) is 0 Å². The molecule has 198 valence electrons. The molecule has 0 aliphatic heterocycles. The zero-order valence-corrected chi connectivity index (χ0v) is 23.8. The first-order valence-corrected chi connectivity index (χ1v) is 13.7. The van der Waals surface area contributed by atoms with Crippen LogP contribution in [0.2, 0.25) is 0 Å². The summed E-state index contributed by atoms with van der Waals surface area (Å²) in [5, 5.41) is 4.19. The van der Waals surface area contributed by atoms with E-state index in [4.69, 9.17) is 14.1 Å². The van der Waals surface area contributed by atoms with Crippen molar-refractivity contribution in [2.24, 2.45) is 0 Å². The number of rotatable bonds is 9. The van der Waals surface area contributed by atoms with Gasteiger partial charge < -0.3 is 14.3 Å². The molecular formula is C31H38FeO4P+. The summed E-state index contributed by atoms with van der Waals surface area (Å²) < 4.78 is 17.3. The number of benzene rings is 3. The average Bonchev–Trinajstić information content (AvgIpc) is 3.55. The standard InChI is InChI=1S/C18H15P.C7H13O3.C5H10.CO.Fe/c1-4-10-16(11-5-1)19(17-12-6-2-7-13-17)18-14-8-3-9-15-18;1-9-7(10-2)5-3-4-6-8;1-2-4-5-3-1;1-2;/h1-15H;7H,3-5H2,1-2H3;1-5H2;;/q;-1;;;+2. The van der Waals surface area contributed by atoms with Crippen LogP contribution in [0.4, 0.5) is 0 Å². The molecule has 0 saturated heterocycles. The van der Waals surface area contributed by atoms with Crippen LogP contribution in [0.25, 0.3) is 0 Å². The molecule has 1 aliphatic carbocycles. The molecule has 3 aromatic carbocycles. The Hall–Kier alpha value is -2.06. The first-order valence-electron chi connectivity index (χ1n) is 12.4. The van der Waals surface area contributed by atoms with Crippen LogP contribution in [-0.2, 0) is 36.0 Å². The van der Waals surface area contributed by atoms with Gasteiger partial charge in [0.15, 0.2) is 6.29 Å². The molecular weight excluding hydrogens is 523 g/mol. The molecule has 0 atom stereocenters. The summed E-state index contributed by atoms with van der Waals surface area (Å²) in [4.78, 5) is 9.76. The van der Waals surface area contributed by atoms with Crippen LogP contribution >= 0.6 is 7.92 Å². The minimum absolute atomic E-state index is 0. The van der Waals surface area contributed by atoms with Crippen molar-refractivity contribution in [1.82, 2.24) is 0 Å². The van der Waals surface area contributed by atoms with Gasteiger partial charge in [-0.05, 0) is 30.3 Å². The SMILES string of the molecule is C1CCCC1.COC(CCC[C-]=O)OC.[C-]#[O+].[Fe+2].c1ccc(P(c2ccccc2)c2ccccc2)cc1. The molecule has 3 aromatic rings. The fraction of sp³-hybridized carbons (Fsp3) is 0.355. The molecule has 0 bridgehead atoms. The number of unbranched alkanes of at least 4 members (excludes halogenated alkanes) is 1. The molecule has 0 radical (unpaired) electrons. The Balaban J connectivity index is 0.000000607. The molecule has 0 N–H and O–H groups in total. The summed E-state index contributed by atoms with van der Waals surface area (Å²) in [7, 11) is 2.72. The van der Waals surface area contributed by atoms with E-state index in [-0.39, 0.29) is 23.4 Å². The van der Waals surface area contributed by atoms with Crippen LogP contribution in [0, 0.1) is 6.65 Å². The van der Waals surface area contributed by atoms with E-state index in [9.17, 15) is 4.79 Å². The van der Waals surface area contributed by atoms with Crippen molar-refractivity contribution in [3.8, 4) is 0 Å². The van der Waals surface area contributed by atoms with Gasteiger partial charge in [0.25, 0.3) is 0 Å². The first kappa shape index (κ1) is 34.9. The predicted octanol–water partition coefficient (Wildman–Crippen LogP) is 6.24. The van der Waals surface area contributed by atoms with Gasteiger partial charge in [-0.25, -0.2) is 0 Å². The quantitative estimate of drug-likeness (QED) is 0.0777. The maximum absolute atomic E-state index is 9.76. The monoisotopic (exact) mass is 561 g/mol. The van der Waals surface area contributed by atoms with E-state index in [1.807, 2.05) is 6.29 Å². The molecule has 1 saturated carbocycles. The van der Waals surface area contributed by atoms with E-state index >= 15 is 0 Å². The second-order valence-corrected chi connectivity index (χ2v) is 10.3. The smallest absolute Gasteiger partial charge is 0.0622 e. The third-order valence-corrected chi connectivity index (χ3v) is 7.98. The van der Waals surface area contributed by atoms with E-state index in [0.29, 0.717) is 6.42 Å². The molecule has 0 heterocycles. The zero-order chi connectivity index (χ0) is 26.3. The van der Waals surface area contributed by atoms with Crippen LogP contribution in [0.5, 0.6) is 0 Å². The Morgan fingerprint density at radius 3 is 1.32 bits per heavy atom. The Kier molecular flexibility index (Phi) is 22.9. The van der Waals surface area contributed by atoms with Crippen LogP contribution in [0.1, 0.15) is 51.4 Å². The molecule has 1 aliphatic rings. The van der Waals surface area contributed by atoms with Crippen molar-refractivity contribution in [3.05, 3.63) is 97.6 Å². The van der Waals surface area contributed by atoms with Gasteiger partial charge in [-0.3, -0.25) is 6.29 Å². The Morgan fingerprint density at radius 1 is 0.730 bits per heavy atom. The maximum Gasteiger partial charge on any atom is 2.00 e. The largest absolute Gasteiger partial charge is 2.00 e. The Morgan fingerprint density at radius 2 is 1.05 bits per heavy atom. The molecule has 37 heavy (non-hydrogen) atoms. The van der Waals surface area contributed by atoms with Crippen molar-refractivity contribution < 1.29 is 36.0 Å². The molecule has 0 aromatic heterocycles. The number of hydrogen-bond acceptors (Lipinski definition) is 3. The molecule has 4 rings (SSSR count). The molecule has 4 nitrogen and oxygen atoms in total. The molecule has 0 spiro atoms. The van der Waals surface area contributed by atoms with Gasteiger partial charge in [0.05, 0.1) is 0 Å². The molecule has 0 unspecified atom stereocenters. The van der Waals surface area contributed by atoms with E-state index in [0.717, 1.165) is 12.8 Å². The van der Waals surface area contributed by atoms with Gasteiger partial charge in [-0.1, -0.05) is 130 Å². The Bertz CT molecular complexity index is 813. The van der Waals surface area contributed by atoms with E-state index in [1.165, 1.54) is 48.0 Å². The van der Waals surface area contributed by atoms with E-state index < -0.39 is 7.92 Å². The average molecular weight is 561 g/mol. The third-order valence-electron chi connectivity index (χ3n) is 5.54. The zero-order valence-electron chi connectivity index (χ0n) is 21.8. The summed E-state index contributed by atoms with van der Waals surface area (Å²) >= 11 is 0. The minimum Gasteiger partial charge on any atom is -0.0622 e. The molecule has 0 amide bonds. The third kappa shape index (κ3) is 15.1. The van der Waals surface area contributed by atoms with E-state index in [1.54, 1.807) is 14.2 Å². The van der Waals surface area contributed by atoms with Crippen LogP contribution in [0.15, 0.2) is 91.0 Å². The van der Waals surface area contributed by atoms with Gasteiger partial charge in [-0.15, -0.1) is 0 Å². The maximum atomic E-state index is 9.76. The van der Waals surface area contributed by atoms with Gasteiger partial charge in [0.1, 0.15) is 0 Å². The normalized spacial score (nSPS) is 11.5. The number of methoxy groups -OCH3 is 2. The topological polar surface area (TPSA) is 55.4 Å². The Labute approximate surface area is 235 Å². The fourth-order valence-electron chi connectivity index (χ4n) is 3.74. The first-order chi connectivity index (χ1) is 17.8. The van der Waals surface area contributed by atoms with Gasteiger partial charge >= 0.3 is 28.4 Å². The summed E-state index contributed by atoms with van der Waals surface area (Å²) in [5.74, 6) is 0. The van der Waals surface area contributed by atoms with E-state index in [2.05, 4.69) is 97.6 Å². The van der Waals surface area contributed by atoms with Crippen LogP contribution in [0.3, 0.4) is 0 Å². The predicted molar refractivity (Wildman–Crippen MR) is 150 cm³/mol. The van der Waals surface area contributed by atoms with Crippen LogP contribution in [-0.4, -0.2) is 26.8 Å². The summed E-state index contributed by atoms with van der Waals surface area (Å²) in [6, 6.07) is 32.3. The molecule has 1 fully saturated rings. The second-order valence-electron chi connectivity index (χ2n) is 8.05. The van der Waals surface area contributed by atoms with Gasteiger partial charge in [0.2, 0.25) is 0 Å². The summed E-state index contributed by atoms with van der Waals surface area (Å²) in [6.45, 7) is 4.50. The number of ether oxygens (including phenoxy) is 2. The number of hydrogen-bond donors (Lipinski definition) is 0. The van der Waals surface area contributed by atoms with Crippen molar-refractivity contribution in [2.75, 3.05) is 14.2 Å². The summed E-state index contributed by atoms with van der Waals surface area (Å²) in [5.41, 5.74) is 0. The molecule has 6 heteroatoms. The minimum atomic E-state index is -0.446. The van der Waals surface area contributed by atoms with Gasteiger partial charge in [-0.2, -0.15) is 6.42 Å². The summed E-state index contributed by atoms with van der Waals surface area (Å²) in [6.07, 6.45) is 11.1. The van der Waals surface area contributed by atoms with Crippen molar-refractivity contribution in [3.63, 3.8) is 0 Å². The van der Waals surface area contributed by atoms with Crippen molar-refractivity contribution in [2.45, 2.75) is 57.7 Å². The van der Waals surface area contributed by atoms with Crippen molar-refractivity contribution >= 4 is 30.1 Å². The fourth-order valence-corrected chi connectivity index (χ4v) is 6.04. The second kappa shape index (κ2) is 24.3. The number of carbonyl (C=O) groups excluding carboxylic acids is 1. The van der Waals surface area contributed by atoms with Gasteiger partial charge in [0, 0.05) is 14.2 Å². The van der Waals surface area contributed by atoms with Crippen LogP contribution < -0.4 is 15.9 Å².